The zero-order valence-corrected chi connectivity index (χ0v) is 11.1. The molecule has 2 fully saturated rings. The van der Waals surface area contributed by atoms with Gasteiger partial charge in [-0.3, -0.25) is 14.4 Å². The van der Waals surface area contributed by atoms with Gasteiger partial charge in [0.05, 0.1) is 6.54 Å². The Morgan fingerprint density at radius 1 is 1.32 bits per heavy atom. The smallest absolute Gasteiger partial charge is 0.320 e. The van der Waals surface area contributed by atoms with Gasteiger partial charge in [0, 0.05) is 25.0 Å². The van der Waals surface area contributed by atoms with E-state index in [1.54, 1.807) is 6.20 Å². The molecule has 3 atom stereocenters. The summed E-state index contributed by atoms with van der Waals surface area (Å²) in [6.45, 7) is 1.57. The minimum atomic E-state index is -0.658. The van der Waals surface area contributed by atoms with Crippen molar-refractivity contribution in [2.24, 2.45) is 5.92 Å². The SMILES string of the molecule is O=C(O)[C@@H]1C[C@H]2CCCC[C@@H]2N1CCn1cccn1. The van der Waals surface area contributed by atoms with E-state index in [4.69, 9.17) is 0 Å². The van der Waals surface area contributed by atoms with Gasteiger partial charge in [-0.1, -0.05) is 12.8 Å². The topological polar surface area (TPSA) is 58.4 Å². The van der Waals surface area contributed by atoms with E-state index in [0.29, 0.717) is 12.0 Å². The Kier molecular flexibility index (Phi) is 3.55. The highest BCUT2D eigenvalue weighted by Crippen LogP contribution is 2.39. The Morgan fingerprint density at radius 3 is 2.89 bits per heavy atom. The standard InChI is InChI=1S/C14H21N3O2/c18-14(19)13-10-11-4-1-2-5-12(11)17(13)9-8-16-7-3-6-15-16/h3,6-7,11-13H,1-2,4-5,8-10H2,(H,18,19)/t11-,12+,13+/m1/s1. The van der Waals surface area contributed by atoms with E-state index in [1.807, 2.05) is 16.9 Å². The van der Waals surface area contributed by atoms with Crippen LogP contribution in [0.2, 0.25) is 0 Å². The van der Waals surface area contributed by atoms with Gasteiger partial charge in [-0.2, -0.15) is 5.10 Å². The molecule has 19 heavy (non-hydrogen) atoms. The molecule has 1 saturated carbocycles. The molecule has 5 heteroatoms. The Labute approximate surface area is 113 Å². The summed E-state index contributed by atoms with van der Waals surface area (Å²) in [5.74, 6) is -0.0673. The summed E-state index contributed by atoms with van der Waals surface area (Å²) in [7, 11) is 0. The third-order valence-corrected chi connectivity index (χ3v) is 4.65. The van der Waals surface area contributed by atoms with Crippen LogP contribution in [-0.4, -0.2) is 44.4 Å². The first kappa shape index (κ1) is 12.7. The summed E-state index contributed by atoms with van der Waals surface area (Å²) in [5.41, 5.74) is 0. The van der Waals surface area contributed by atoms with Crippen LogP contribution in [0.4, 0.5) is 0 Å². The summed E-state index contributed by atoms with van der Waals surface area (Å²) >= 11 is 0. The molecular weight excluding hydrogens is 242 g/mol. The normalized spacial score (nSPS) is 31.3. The van der Waals surface area contributed by atoms with Gasteiger partial charge in [-0.25, -0.2) is 0 Å². The van der Waals surface area contributed by atoms with Crippen LogP contribution in [0.5, 0.6) is 0 Å². The summed E-state index contributed by atoms with van der Waals surface area (Å²) in [6.07, 6.45) is 9.40. The van der Waals surface area contributed by atoms with Crippen molar-refractivity contribution in [3.8, 4) is 0 Å². The summed E-state index contributed by atoms with van der Waals surface area (Å²) < 4.78 is 1.88. The van der Waals surface area contributed by atoms with E-state index < -0.39 is 5.97 Å². The number of rotatable bonds is 4. The Hall–Kier alpha value is -1.36. The van der Waals surface area contributed by atoms with Gasteiger partial charge in [-0.05, 0) is 31.2 Å². The van der Waals surface area contributed by atoms with Crippen molar-refractivity contribution in [2.75, 3.05) is 6.54 Å². The maximum Gasteiger partial charge on any atom is 0.320 e. The van der Waals surface area contributed by atoms with Gasteiger partial charge in [0.15, 0.2) is 0 Å². The lowest BCUT2D eigenvalue weighted by atomic mass is 9.85. The highest BCUT2D eigenvalue weighted by Gasteiger charge is 2.44. The molecular formula is C14H21N3O2. The number of hydrogen-bond donors (Lipinski definition) is 1. The number of fused-ring (bicyclic) bond motifs is 1. The summed E-state index contributed by atoms with van der Waals surface area (Å²) in [6, 6.07) is 2.09. The summed E-state index contributed by atoms with van der Waals surface area (Å²) in [5, 5.41) is 13.6. The van der Waals surface area contributed by atoms with Crippen LogP contribution >= 0.6 is 0 Å². The monoisotopic (exact) mass is 263 g/mol. The fourth-order valence-electron chi connectivity index (χ4n) is 3.77. The summed E-state index contributed by atoms with van der Waals surface area (Å²) in [4.78, 5) is 13.7. The molecule has 104 valence electrons. The first-order valence-electron chi connectivity index (χ1n) is 7.21. The Balaban J connectivity index is 1.69. The molecule has 0 spiro atoms. The van der Waals surface area contributed by atoms with Crippen LogP contribution in [-0.2, 0) is 11.3 Å². The van der Waals surface area contributed by atoms with E-state index in [9.17, 15) is 9.90 Å². The molecule has 0 amide bonds. The average Bonchev–Trinajstić information content (AvgIpc) is 3.03. The lowest BCUT2D eigenvalue weighted by Gasteiger charge is -2.32. The van der Waals surface area contributed by atoms with E-state index >= 15 is 0 Å². The lowest BCUT2D eigenvalue weighted by Crippen LogP contribution is -2.43. The van der Waals surface area contributed by atoms with E-state index in [0.717, 1.165) is 25.9 Å². The van der Waals surface area contributed by atoms with Crippen molar-refractivity contribution in [1.29, 1.82) is 0 Å². The third kappa shape index (κ3) is 2.52. The van der Waals surface area contributed by atoms with Crippen molar-refractivity contribution in [2.45, 2.75) is 50.7 Å². The number of hydrogen-bond acceptors (Lipinski definition) is 3. The maximum atomic E-state index is 11.5. The average molecular weight is 263 g/mol. The van der Waals surface area contributed by atoms with Crippen molar-refractivity contribution >= 4 is 5.97 Å². The van der Waals surface area contributed by atoms with Gasteiger partial charge in [0.2, 0.25) is 0 Å². The number of carbonyl (C=O) groups is 1. The van der Waals surface area contributed by atoms with Crippen molar-refractivity contribution in [3.63, 3.8) is 0 Å². The second kappa shape index (κ2) is 5.33. The Bertz CT molecular complexity index is 432. The number of carboxylic acid groups (broad SMARTS) is 1. The number of aromatic nitrogens is 2. The van der Waals surface area contributed by atoms with Crippen LogP contribution in [0.1, 0.15) is 32.1 Å². The molecule has 1 aliphatic carbocycles. The minimum Gasteiger partial charge on any atom is -0.480 e. The Morgan fingerprint density at radius 2 is 2.16 bits per heavy atom. The molecule has 2 aliphatic rings. The molecule has 0 radical (unpaired) electrons. The van der Waals surface area contributed by atoms with E-state index in [-0.39, 0.29) is 6.04 Å². The number of likely N-dealkylation sites (tertiary alicyclic amines) is 1. The molecule has 3 rings (SSSR count). The number of aliphatic carboxylic acids is 1. The van der Waals surface area contributed by atoms with Crippen LogP contribution in [0.25, 0.3) is 0 Å². The van der Waals surface area contributed by atoms with Crippen LogP contribution in [0.3, 0.4) is 0 Å². The predicted octanol–water partition coefficient (Wildman–Crippen LogP) is 1.60. The number of carboxylic acids is 1. The van der Waals surface area contributed by atoms with Crippen molar-refractivity contribution in [3.05, 3.63) is 18.5 Å². The van der Waals surface area contributed by atoms with Gasteiger partial charge >= 0.3 is 5.97 Å². The van der Waals surface area contributed by atoms with Crippen molar-refractivity contribution < 1.29 is 9.90 Å². The predicted molar refractivity (Wildman–Crippen MR) is 70.7 cm³/mol. The zero-order chi connectivity index (χ0) is 13.2. The molecule has 1 aliphatic heterocycles. The first-order chi connectivity index (χ1) is 9.25. The maximum absolute atomic E-state index is 11.5. The molecule has 1 saturated heterocycles. The fraction of sp³-hybridized carbons (Fsp3) is 0.714. The van der Waals surface area contributed by atoms with Crippen LogP contribution in [0, 0.1) is 5.92 Å². The molecule has 0 aromatic carbocycles. The fourth-order valence-corrected chi connectivity index (χ4v) is 3.77. The van der Waals surface area contributed by atoms with E-state index in [2.05, 4.69) is 10.00 Å². The minimum absolute atomic E-state index is 0.288. The third-order valence-electron chi connectivity index (χ3n) is 4.65. The molecule has 1 aromatic rings. The quantitative estimate of drug-likeness (QED) is 0.896. The zero-order valence-electron chi connectivity index (χ0n) is 11.1. The molecule has 1 aromatic heterocycles. The van der Waals surface area contributed by atoms with E-state index in [1.165, 1.54) is 19.3 Å². The van der Waals surface area contributed by atoms with Gasteiger partial charge in [-0.15, -0.1) is 0 Å². The second-order valence-corrected chi connectivity index (χ2v) is 5.71. The molecule has 0 unspecified atom stereocenters. The highest BCUT2D eigenvalue weighted by molar-refractivity contribution is 5.74. The largest absolute Gasteiger partial charge is 0.480 e. The van der Waals surface area contributed by atoms with Gasteiger partial charge in [0.25, 0.3) is 0 Å². The van der Waals surface area contributed by atoms with Crippen LogP contribution in [0.15, 0.2) is 18.5 Å². The molecule has 2 heterocycles. The van der Waals surface area contributed by atoms with Gasteiger partial charge in [0.1, 0.15) is 6.04 Å². The molecule has 5 nitrogen and oxygen atoms in total. The molecule has 0 bridgehead atoms. The number of nitrogens with zero attached hydrogens (tertiary/aromatic N) is 3. The van der Waals surface area contributed by atoms with Crippen LogP contribution < -0.4 is 0 Å². The first-order valence-corrected chi connectivity index (χ1v) is 7.21. The molecule has 1 N–H and O–H groups in total. The second-order valence-electron chi connectivity index (χ2n) is 5.71. The highest BCUT2D eigenvalue weighted by atomic mass is 16.4. The van der Waals surface area contributed by atoms with Crippen molar-refractivity contribution in [1.82, 2.24) is 14.7 Å². The van der Waals surface area contributed by atoms with Gasteiger partial charge < -0.3 is 5.11 Å². The lowest BCUT2D eigenvalue weighted by molar-refractivity contribution is -0.142.